The van der Waals surface area contributed by atoms with E-state index in [0.29, 0.717) is 5.75 Å². The summed E-state index contributed by atoms with van der Waals surface area (Å²) in [5.74, 6) is 1.76. The van der Waals surface area contributed by atoms with Crippen molar-refractivity contribution in [1.29, 1.82) is 0 Å². The number of benzene rings is 3. The minimum Gasteiger partial charge on any atom is -0.287 e. The minimum atomic E-state index is -0.300. The van der Waals surface area contributed by atoms with Gasteiger partial charge in [0.1, 0.15) is 0 Å². The second kappa shape index (κ2) is 10.7. The number of carbonyl (C=O) groups excluding carboxylic acids is 1. The molecule has 170 valence electrons. The van der Waals surface area contributed by atoms with Crippen LogP contribution in [-0.2, 0) is 27.3 Å². The summed E-state index contributed by atoms with van der Waals surface area (Å²) in [7, 11) is 0. The van der Waals surface area contributed by atoms with Crippen molar-refractivity contribution in [3.05, 3.63) is 170 Å². The molecule has 0 amide bonds. The molecular weight excluding hydrogens is 488 g/mol. The molecule has 0 aliphatic heterocycles. The van der Waals surface area contributed by atoms with Crippen LogP contribution in [0.1, 0.15) is 39.3 Å². The Labute approximate surface area is 225 Å². The molecule has 0 aromatic heterocycles. The summed E-state index contributed by atoms with van der Waals surface area (Å²) >= 11 is 1.44. The van der Waals surface area contributed by atoms with Gasteiger partial charge in [-0.15, -0.1) is 0 Å². The van der Waals surface area contributed by atoms with Crippen molar-refractivity contribution in [3.8, 4) is 0 Å². The summed E-state index contributed by atoms with van der Waals surface area (Å²) in [5.41, 5.74) is 7.90. The van der Waals surface area contributed by atoms with Gasteiger partial charge in [0.15, 0.2) is 5.12 Å². The predicted octanol–water partition coefficient (Wildman–Crippen LogP) is 6.51. The van der Waals surface area contributed by atoms with Crippen LogP contribution in [0.2, 0.25) is 0 Å². The summed E-state index contributed by atoms with van der Waals surface area (Å²) in [6, 6.07) is 26.4. The van der Waals surface area contributed by atoms with Gasteiger partial charge in [-0.25, -0.2) is 0 Å². The summed E-state index contributed by atoms with van der Waals surface area (Å²) in [4.78, 5) is 12.9. The third kappa shape index (κ3) is 4.24. The van der Waals surface area contributed by atoms with Crippen LogP contribution < -0.4 is 0 Å². The minimum absolute atomic E-state index is 0. The molecule has 0 unspecified atom stereocenters. The molecule has 3 aromatic carbocycles. The molecule has 5 aliphatic carbocycles. The van der Waals surface area contributed by atoms with Gasteiger partial charge in [-0.2, -0.15) is 0 Å². The van der Waals surface area contributed by atoms with Crippen LogP contribution in [-0.4, -0.2) is 10.9 Å². The summed E-state index contributed by atoms with van der Waals surface area (Å²) < 4.78 is 0. The first-order valence-electron chi connectivity index (χ1n) is 11.6. The van der Waals surface area contributed by atoms with Crippen LogP contribution in [0, 0.1) is 63.7 Å². The molecule has 5 aliphatic rings. The Morgan fingerprint density at radius 1 is 0.629 bits per heavy atom. The molecule has 3 heteroatoms. The maximum absolute atomic E-state index is 12.9. The number of carbonyl (C=O) groups is 1. The van der Waals surface area contributed by atoms with Crippen molar-refractivity contribution < 1.29 is 21.9 Å². The Morgan fingerprint density at radius 2 is 1.03 bits per heavy atom. The Bertz CT molecular complexity index is 1070. The maximum Gasteiger partial charge on any atom is 2.00 e. The molecule has 0 saturated heterocycles. The summed E-state index contributed by atoms with van der Waals surface area (Å²) in [6.45, 7) is 0. The largest absolute Gasteiger partial charge is 2.00 e. The molecule has 2 fully saturated rings. The molecule has 0 atom stereocenters. The smallest absolute Gasteiger partial charge is 0.287 e. The van der Waals surface area contributed by atoms with E-state index in [2.05, 4.69) is 72.8 Å². The zero-order valence-electron chi connectivity index (χ0n) is 19.1. The first-order valence-corrected chi connectivity index (χ1v) is 12.6. The zero-order chi connectivity index (χ0) is 23.0. The van der Waals surface area contributed by atoms with Crippen LogP contribution in [0.25, 0.3) is 0 Å². The second-order valence-corrected chi connectivity index (χ2v) is 9.76. The zero-order valence-corrected chi connectivity index (χ0v) is 21.0. The van der Waals surface area contributed by atoms with E-state index in [-0.39, 0.29) is 33.5 Å². The first-order chi connectivity index (χ1) is 16.8. The van der Waals surface area contributed by atoms with Crippen LogP contribution in [0.3, 0.4) is 0 Å². The average Bonchev–Trinajstić information content (AvgIpc) is 3.65. The Balaban J connectivity index is 0.000000379. The monoisotopic (exact) mass is 512 g/mol. The van der Waals surface area contributed by atoms with Gasteiger partial charge in [-0.1, -0.05) is 84.6 Å². The van der Waals surface area contributed by atoms with E-state index in [9.17, 15) is 4.79 Å². The SMILES string of the molecule is O=C(SCC12c3ccccc3C(c3ccccc31)c1ccccc12)[C]1[CH][CH][CH][CH]1.[CH]1[CH][CH][CH][CH]1.[Fe+2]. The third-order valence-corrected chi connectivity index (χ3v) is 8.14. The first kappa shape index (κ1) is 24.9. The van der Waals surface area contributed by atoms with Gasteiger partial charge in [0.2, 0.25) is 0 Å². The van der Waals surface area contributed by atoms with Crippen molar-refractivity contribution in [2.45, 2.75) is 11.3 Å². The van der Waals surface area contributed by atoms with Gasteiger partial charge in [0.25, 0.3) is 0 Å². The molecule has 0 N–H and O–H groups in total. The summed E-state index contributed by atoms with van der Waals surface area (Å²) in [5, 5.41) is 0.143. The Kier molecular flexibility index (Phi) is 7.58. The number of thioether (sulfide) groups is 1. The van der Waals surface area contributed by atoms with Crippen LogP contribution in [0.4, 0.5) is 0 Å². The van der Waals surface area contributed by atoms with Crippen LogP contribution >= 0.6 is 11.8 Å². The quantitative estimate of drug-likeness (QED) is 0.372. The topological polar surface area (TPSA) is 17.1 Å². The molecule has 2 saturated carbocycles. The summed E-state index contributed by atoms with van der Waals surface area (Å²) in [6.07, 6.45) is 17.7. The van der Waals surface area contributed by atoms with Crippen molar-refractivity contribution in [2.75, 3.05) is 5.75 Å². The van der Waals surface area contributed by atoms with Crippen molar-refractivity contribution in [1.82, 2.24) is 0 Å². The molecule has 35 heavy (non-hydrogen) atoms. The van der Waals surface area contributed by atoms with Gasteiger partial charge >= 0.3 is 17.1 Å². The molecular formula is C32H24FeOS+2. The Morgan fingerprint density at radius 3 is 1.46 bits per heavy atom. The van der Waals surface area contributed by atoms with Crippen LogP contribution in [0.5, 0.6) is 0 Å². The molecule has 0 spiro atoms. The van der Waals surface area contributed by atoms with Gasteiger partial charge in [0, 0.05) is 11.7 Å². The third-order valence-electron chi connectivity index (χ3n) is 7.07. The predicted molar refractivity (Wildman–Crippen MR) is 140 cm³/mol. The van der Waals surface area contributed by atoms with E-state index in [1.807, 2.05) is 57.8 Å². The normalized spacial score (nSPS) is 23.4. The molecule has 8 rings (SSSR count). The van der Waals surface area contributed by atoms with Gasteiger partial charge in [0.05, 0.1) is 11.3 Å². The van der Waals surface area contributed by atoms with E-state index < -0.39 is 0 Å². The average molecular weight is 512 g/mol. The number of rotatable bonds is 3. The molecule has 10 radical (unpaired) electrons. The van der Waals surface area contributed by atoms with E-state index >= 15 is 0 Å². The molecule has 2 bridgehead atoms. The molecule has 3 aromatic rings. The van der Waals surface area contributed by atoms with E-state index in [1.54, 1.807) is 0 Å². The van der Waals surface area contributed by atoms with Gasteiger partial charge in [-0.05, 0) is 91.2 Å². The Hall–Kier alpha value is -1.80. The van der Waals surface area contributed by atoms with Crippen molar-refractivity contribution in [3.63, 3.8) is 0 Å². The standard InChI is InChI=1S/C27H19OS.C5H5.Fe/c28-26(18-9-1-2-10-18)29-17-27-22-14-6-3-11-19(22)25(20-12-4-7-15-23(20)27)21-13-5-8-16-24(21)27;1-2-4-5-3-1;/h1-16,25H,17H2;1-5H;/q;;+2. The van der Waals surface area contributed by atoms with Gasteiger partial charge in [-0.3, -0.25) is 4.79 Å². The van der Waals surface area contributed by atoms with Crippen molar-refractivity contribution in [2.24, 2.45) is 0 Å². The maximum atomic E-state index is 12.9. The van der Waals surface area contributed by atoms with Crippen molar-refractivity contribution >= 4 is 16.9 Å². The van der Waals surface area contributed by atoms with Crippen LogP contribution in [0.15, 0.2) is 72.8 Å². The fraction of sp³-hybridized carbons (Fsp3) is 0.0938. The number of hydrogen-bond acceptors (Lipinski definition) is 2. The second-order valence-electron chi connectivity index (χ2n) is 8.81. The molecule has 0 heterocycles. The number of hydrogen-bond donors (Lipinski definition) is 0. The van der Waals surface area contributed by atoms with E-state index in [1.165, 1.54) is 45.1 Å². The fourth-order valence-electron chi connectivity index (χ4n) is 5.67. The fourth-order valence-corrected chi connectivity index (χ4v) is 6.79. The molecule has 1 nitrogen and oxygen atoms in total. The van der Waals surface area contributed by atoms with E-state index in [4.69, 9.17) is 0 Å². The van der Waals surface area contributed by atoms with Gasteiger partial charge < -0.3 is 0 Å². The van der Waals surface area contributed by atoms with E-state index in [0.717, 1.165) is 5.92 Å².